The van der Waals surface area contributed by atoms with Crippen molar-refractivity contribution in [3.63, 3.8) is 0 Å². The van der Waals surface area contributed by atoms with Crippen LogP contribution in [-0.2, 0) is 17.2 Å². The normalized spacial score (nSPS) is 12.6. The molecule has 2 rings (SSSR count). The number of thiazole rings is 1. The van der Waals surface area contributed by atoms with Crippen LogP contribution in [0.5, 0.6) is 0 Å². The quantitative estimate of drug-likeness (QED) is 0.687. The Hall–Kier alpha value is -0.900. The van der Waals surface area contributed by atoms with E-state index in [0.29, 0.717) is 18.6 Å². The van der Waals surface area contributed by atoms with Gasteiger partial charge in [0.15, 0.2) is 0 Å². The number of aromatic nitrogens is 1. The first-order valence-electron chi connectivity index (χ1n) is 6.86. The fourth-order valence-corrected chi connectivity index (χ4v) is 2.89. The molecule has 0 spiro atoms. The minimum Gasteiger partial charge on any atom is -0.374 e. The van der Waals surface area contributed by atoms with Gasteiger partial charge >= 0.3 is 0 Å². The molecule has 0 aliphatic rings. The summed E-state index contributed by atoms with van der Waals surface area (Å²) in [5, 5.41) is 3.04. The van der Waals surface area contributed by atoms with Crippen molar-refractivity contribution in [1.82, 2.24) is 4.98 Å². The van der Waals surface area contributed by atoms with Gasteiger partial charge in [0.05, 0.1) is 24.3 Å². The minimum atomic E-state index is 0.305. The monoisotopic (exact) mass is 309 g/mol. The highest BCUT2D eigenvalue weighted by Crippen LogP contribution is 2.26. The first kappa shape index (κ1) is 15.5. The number of hydrogen-bond acceptors (Lipinski definition) is 3. The Kier molecular flexibility index (Phi) is 5.58. The molecule has 0 aliphatic heterocycles. The van der Waals surface area contributed by atoms with E-state index in [-0.39, 0.29) is 0 Å². The van der Waals surface area contributed by atoms with Gasteiger partial charge in [0.2, 0.25) is 0 Å². The SMILES string of the molecule is CCC(C)OCc1ccc(-c2nc(CCl)cs2)cc1C. The van der Waals surface area contributed by atoms with Crippen molar-refractivity contribution in [1.29, 1.82) is 0 Å². The van der Waals surface area contributed by atoms with E-state index >= 15 is 0 Å². The molecule has 1 unspecified atom stereocenters. The largest absolute Gasteiger partial charge is 0.374 e. The third-order valence-electron chi connectivity index (χ3n) is 3.38. The van der Waals surface area contributed by atoms with Crippen molar-refractivity contribution in [2.24, 2.45) is 0 Å². The predicted octanol–water partition coefficient (Wildman–Crippen LogP) is 5.17. The van der Waals surface area contributed by atoms with E-state index in [0.717, 1.165) is 22.7 Å². The van der Waals surface area contributed by atoms with Gasteiger partial charge in [-0.05, 0) is 37.5 Å². The third kappa shape index (κ3) is 3.81. The molecule has 0 fully saturated rings. The van der Waals surface area contributed by atoms with Gasteiger partial charge in [0.25, 0.3) is 0 Å². The fraction of sp³-hybridized carbons (Fsp3) is 0.438. The van der Waals surface area contributed by atoms with Crippen LogP contribution in [0.4, 0.5) is 0 Å². The molecule has 4 heteroatoms. The topological polar surface area (TPSA) is 22.1 Å². The van der Waals surface area contributed by atoms with E-state index in [2.05, 4.69) is 44.0 Å². The molecule has 1 heterocycles. The second kappa shape index (κ2) is 7.21. The minimum absolute atomic E-state index is 0.305. The summed E-state index contributed by atoms with van der Waals surface area (Å²) in [4.78, 5) is 4.51. The number of rotatable bonds is 6. The number of nitrogens with zero attached hydrogens (tertiary/aromatic N) is 1. The van der Waals surface area contributed by atoms with Crippen LogP contribution in [-0.4, -0.2) is 11.1 Å². The molecule has 0 N–H and O–H groups in total. The van der Waals surface area contributed by atoms with E-state index < -0.39 is 0 Å². The number of halogens is 1. The number of alkyl halides is 1. The van der Waals surface area contributed by atoms with Gasteiger partial charge in [-0.1, -0.05) is 19.1 Å². The predicted molar refractivity (Wildman–Crippen MR) is 86.4 cm³/mol. The molecule has 0 aliphatic carbocycles. The average molecular weight is 310 g/mol. The van der Waals surface area contributed by atoms with E-state index in [9.17, 15) is 0 Å². The first-order chi connectivity index (χ1) is 9.63. The van der Waals surface area contributed by atoms with Crippen molar-refractivity contribution in [3.8, 4) is 10.6 Å². The maximum atomic E-state index is 5.80. The maximum absolute atomic E-state index is 5.80. The molecule has 0 amide bonds. The lowest BCUT2D eigenvalue weighted by atomic mass is 10.1. The number of ether oxygens (including phenoxy) is 1. The molecule has 0 bridgehead atoms. The van der Waals surface area contributed by atoms with Gasteiger partial charge in [0, 0.05) is 10.9 Å². The second-order valence-electron chi connectivity index (χ2n) is 4.95. The van der Waals surface area contributed by atoms with Gasteiger partial charge in [-0.25, -0.2) is 4.98 Å². The Morgan fingerprint density at radius 3 is 2.80 bits per heavy atom. The zero-order chi connectivity index (χ0) is 14.5. The molecule has 0 radical (unpaired) electrons. The van der Waals surface area contributed by atoms with Crippen LogP contribution in [0.25, 0.3) is 10.6 Å². The van der Waals surface area contributed by atoms with Crippen molar-refractivity contribution < 1.29 is 4.74 Å². The standard InChI is InChI=1S/C16H20ClNOS/c1-4-12(3)19-9-14-6-5-13(7-11(14)2)16-18-15(8-17)10-20-16/h5-7,10,12H,4,8-9H2,1-3H3. The van der Waals surface area contributed by atoms with Crippen LogP contribution in [0.3, 0.4) is 0 Å². The lowest BCUT2D eigenvalue weighted by Gasteiger charge is -2.12. The van der Waals surface area contributed by atoms with Crippen LogP contribution in [0.2, 0.25) is 0 Å². The lowest BCUT2D eigenvalue weighted by molar-refractivity contribution is 0.0506. The lowest BCUT2D eigenvalue weighted by Crippen LogP contribution is -2.06. The van der Waals surface area contributed by atoms with Gasteiger partial charge in [-0.15, -0.1) is 22.9 Å². The summed E-state index contributed by atoms with van der Waals surface area (Å²) in [5.74, 6) is 0.469. The highest BCUT2D eigenvalue weighted by molar-refractivity contribution is 7.13. The summed E-state index contributed by atoms with van der Waals surface area (Å²) in [7, 11) is 0. The first-order valence-corrected chi connectivity index (χ1v) is 8.27. The Labute approximate surface area is 129 Å². The van der Waals surface area contributed by atoms with E-state index in [4.69, 9.17) is 16.3 Å². The Morgan fingerprint density at radius 1 is 1.40 bits per heavy atom. The van der Waals surface area contributed by atoms with Crippen LogP contribution in [0.15, 0.2) is 23.6 Å². The summed E-state index contributed by atoms with van der Waals surface area (Å²) < 4.78 is 5.79. The molecule has 0 saturated carbocycles. The van der Waals surface area contributed by atoms with Crippen molar-refractivity contribution in [2.45, 2.75) is 45.8 Å². The van der Waals surface area contributed by atoms with E-state index in [1.165, 1.54) is 11.1 Å². The zero-order valence-electron chi connectivity index (χ0n) is 12.1. The summed E-state index contributed by atoms with van der Waals surface area (Å²) in [5.41, 5.74) is 4.57. The van der Waals surface area contributed by atoms with Gasteiger partial charge in [-0.3, -0.25) is 0 Å². The third-order valence-corrected chi connectivity index (χ3v) is 4.59. The van der Waals surface area contributed by atoms with Crippen molar-refractivity contribution in [3.05, 3.63) is 40.4 Å². The van der Waals surface area contributed by atoms with Gasteiger partial charge < -0.3 is 4.74 Å². The Balaban J connectivity index is 2.12. The highest BCUT2D eigenvalue weighted by Gasteiger charge is 2.07. The maximum Gasteiger partial charge on any atom is 0.123 e. The summed E-state index contributed by atoms with van der Waals surface area (Å²) >= 11 is 7.43. The fourth-order valence-electron chi connectivity index (χ4n) is 1.84. The molecule has 2 nitrogen and oxygen atoms in total. The molecule has 1 aromatic heterocycles. The molecular formula is C16H20ClNOS. The van der Waals surface area contributed by atoms with E-state index in [1.807, 2.05) is 5.38 Å². The Morgan fingerprint density at radius 2 is 2.20 bits per heavy atom. The smallest absolute Gasteiger partial charge is 0.123 e. The molecule has 1 aromatic carbocycles. The number of aryl methyl sites for hydroxylation is 1. The average Bonchev–Trinajstić information content (AvgIpc) is 2.94. The van der Waals surface area contributed by atoms with Crippen LogP contribution < -0.4 is 0 Å². The zero-order valence-corrected chi connectivity index (χ0v) is 13.7. The van der Waals surface area contributed by atoms with Crippen LogP contribution >= 0.6 is 22.9 Å². The van der Waals surface area contributed by atoms with E-state index in [1.54, 1.807) is 11.3 Å². The van der Waals surface area contributed by atoms with Crippen LogP contribution in [0, 0.1) is 6.92 Å². The number of benzene rings is 1. The second-order valence-corrected chi connectivity index (χ2v) is 6.07. The highest BCUT2D eigenvalue weighted by atomic mass is 35.5. The summed E-state index contributed by atoms with van der Waals surface area (Å²) in [6, 6.07) is 6.42. The molecule has 2 aromatic rings. The molecule has 0 saturated heterocycles. The molecule has 20 heavy (non-hydrogen) atoms. The van der Waals surface area contributed by atoms with Crippen molar-refractivity contribution >= 4 is 22.9 Å². The van der Waals surface area contributed by atoms with Crippen molar-refractivity contribution in [2.75, 3.05) is 0 Å². The van der Waals surface area contributed by atoms with Gasteiger partial charge in [0.1, 0.15) is 5.01 Å². The summed E-state index contributed by atoms with van der Waals surface area (Å²) in [6.07, 6.45) is 1.34. The Bertz CT molecular complexity index is 567. The molecular weight excluding hydrogens is 290 g/mol. The molecule has 108 valence electrons. The van der Waals surface area contributed by atoms with Gasteiger partial charge in [-0.2, -0.15) is 0 Å². The summed E-state index contributed by atoms with van der Waals surface area (Å²) in [6.45, 7) is 7.03. The molecule has 1 atom stereocenters. The van der Waals surface area contributed by atoms with Crippen LogP contribution in [0.1, 0.15) is 37.1 Å². The number of hydrogen-bond donors (Lipinski definition) is 0.